The lowest BCUT2D eigenvalue weighted by atomic mass is 9.98. The van der Waals surface area contributed by atoms with Gasteiger partial charge >= 0.3 is 5.97 Å². The molecular weight excluding hydrogens is 418 g/mol. The van der Waals surface area contributed by atoms with Crippen molar-refractivity contribution < 1.29 is 29.1 Å². The molecule has 2 fully saturated rings. The van der Waals surface area contributed by atoms with E-state index in [1.54, 1.807) is 0 Å². The van der Waals surface area contributed by atoms with E-state index in [1.807, 2.05) is 13.8 Å². The highest BCUT2D eigenvalue weighted by atomic mass is 16.4. The van der Waals surface area contributed by atoms with Crippen LogP contribution in [-0.2, 0) is 24.0 Å². The van der Waals surface area contributed by atoms with Crippen molar-refractivity contribution in [2.24, 2.45) is 17.4 Å². The number of likely N-dealkylation sites (tertiary alicyclic amines) is 2. The van der Waals surface area contributed by atoms with Crippen molar-refractivity contribution in [2.45, 2.75) is 83.0 Å². The second-order valence-electron chi connectivity index (χ2n) is 8.70. The molecule has 2 aliphatic heterocycles. The Kier molecular flexibility index (Phi) is 8.99. The molecule has 11 nitrogen and oxygen atoms in total. The van der Waals surface area contributed by atoms with Crippen LogP contribution in [0.2, 0.25) is 0 Å². The number of carboxylic acids is 1. The molecule has 0 aromatic heterocycles. The van der Waals surface area contributed by atoms with E-state index >= 15 is 0 Å². The highest BCUT2D eigenvalue weighted by Crippen LogP contribution is 2.26. The van der Waals surface area contributed by atoms with Crippen LogP contribution in [0.3, 0.4) is 0 Å². The van der Waals surface area contributed by atoms with Crippen LogP contribution in [0.4, 0.5) is 0 Å². The lowest BCUT2D eigenvalue weighted by Gasteiger charge is -2.32. The van der Waals surface area contributed by atoms with Crippen LogP contribution in [-0.4, -0.2) is 81.8 Å². The molecule has 5 atom stereocenters. The van der Waals surface area contributed by atoms with Gasteiger partial charge in [0.05, 0.1) is 6.04 Å². The number of hydrogen-bond acceptors (Lipinski definition) is 6. The van der Waals surface area contributed by atoms with Crippen LogP contribution >= 0.6 is 0 Å². The number of amides is 4. The van der Waals surface area contributed by atoms with Gasteiger partial charge in [0.15, 0.2) is 0 Å². The molecule has 2 aliphatic rings. The largest absolute Gasteiger partial charge is 0.480 e. The molecule has 32 heavy (non-hydrogen) atoms. The van der Waals surface area contributed by atoms with E-state index in [-0.39, 0.29) is 18.8 Å². The molecule has 4 amide bonds. The van der Waals surface area contributed by atoms with Crippen molar-refractivity contribution in [3.63, 3.8) is 0 Å². The van der Waals surface area contributed by atoms with Crippen molar-refractivity contribution in [1.29, 1.82) is 0 Å². The van der Waals surface area contributed by atoms with Gasteiger partial charge in [-0.2, -0.15) is 0 Å². The summed E-state index contributed by atoms with van der Waals surface area (Å²) >= 11 is 0. The third-order valence-electron chi connectivity index (χ3n) is 6.50. The van der Waals surface area contributed by atoms with Gasteiger partial charge < -0.3 is 31.7 Å². The second-order valence-corrected chi connectivity index (χ2v) is 8.70. The van der Waals surface area contributed by atoms with E-state index in [0.29, 0.717) is 45.2 Å². The Morgan fingerprint density at radius 3 is 2.22 bits per heavy atom. The summed E-state index contributed by atoms with van der Waals surface area (Å²) in [6.07, 6.45) is 2.52. The van der Waals surface area contributed by atoms with Gasteiger partial charge in [-0.15, -0.1) is 0 Å². The fraction of sp³-hybridized carbons (Fsp3) is 0.762. The fourth-order valence-corrected chi connectivity index (χ4v) is 4.29. The lowest BCUT2D eigenvalue weighted by molar-refractivity contribution is -0.152. The molecule has 11 heteroatoms. The standard InChI is InChI=1S/C21H35N5O6/c1-3-12(2)17(23)18(28)24-13(8-9-16(22)27)19(29)25-10-4-6-14(25)20(30)26-11-5-7-15(26)21(31)32/h12-15,17H,3-11,23H2,1-2H3,(H2,22,27)(H,24,28)(H,31,32). The molecule has 2 saturated heterocycles. The Balaban J connectivity index is 2.17. The van der Waals surface area contributed by atoms with Gasteiger partial charge in [0.2, 0.25) is 23.6 Å². The number of nitrogens with two attached hydrogens (primary N) is 2. The number of nitrogens with zero attached hydrogens (tertiary/aromatic N) is 2. The Bertz CT molecular complexity index is 744. The number of rotatable bonds is 10. The van der Waals surface area contributed by atoms with Crippen LogP contribution in [0.25, 0.3) is 0 Å². The quantitative estimate of drug-likeness (QED) is 0.334. The summed E-state index contributed by atoms with van der Waals surface area (Å²) in [6.45, 7) is 4.37. The third kappa shape index (κ3) is 5.96. The summed E-state index contributed by atoms with van der Waals surface area (Å²) < 4.78 is 0. The maximum absolute atomic E-state index is 13.3. The van der Waals surface area contributed by atoms with Crippen molar-refractivity contribution in [2.75, 3.05) is 13.1 Å². The molecule has 5 unspecified atom stereocenters. The second kappa shape index (κ2) is 11.3. The summed E-state index contributed by atoms with van der Waals surface area (Å²) in [4.78, 5) is 64.6. The Morgan fingerprint density at radius 1 is 1.06 bits per heavy atom. The first-order valence-corrected chi connectivity index (χ1v) is 11.3. The van der Waals surface area contributed by atoms with E-state index in [4.69, 9.17) is 11.5 Å². The average Bonchev–Trinajstić information content (AvgIpc) is 3.44. The number of nitrogens with one attached hydrogen (secondary N) is 1. The first kappa shape index (κ1) is 25.6. The first-order valence-electron chi connectivity index (χ1n) is 11.3. The van der Waals surface area contributed by atoms with Gasteiger partial charge in [-0.05, 0) is 38.0 Å². The SMILES string of the molecule is CCC(C)C(N)C(=O)NC(CCC(N)=O)C(=O)N1CCCC1C(=O)N1CCCC1C(=O)O. The van der Waals surface area contributed by atoms with Gasteiger partial charge in [0, 0.05) is 19.5 Å². The van der Waals surface area contributed by atoms with Gasteiger partial charge in [-0.3, -0.25) is 19.2 Å². The smallest absolute Gasteiger partial charge is 0.326 e. The number of carboxylic acid groups (broad SMARTS) is 1. The Labute approximate surface area is 187 Å². The van der Waals surface area contributed by atoms with E-state index in [9.17, 15) is 29.1 Å². The minimum Gasteiger partial charge on any atom is -0.480 e. The maximum atomic E-state index is 13.3. The maximum Gasteiger partial charge on any atom is 0.326 e. The summed E-state index contributed by atoms with van der Waals surface area (Å²) in [5, 5.41) is 12.0. The number of hydrogen-bond donors (Lipinski definition) is 4. The minimum atomic E-state index is -1.06. The van der Waals surface area contributed by atoms with Crippen LogP contribution in [0.1, 0.15) is 58.8 Å². The Morgan fingerprint density at radius 2 is 1.66 bits per heavy atom. The summed E-state index contributed by atoms with van der Waals surface area (Å²) in [7, 11) is 0. The normalized spacial score (nSPS) is 23.5. The third-order valence-corrected chi connectivity index (χ3v) is 6.50. The molecule has 0 aromatic rings. The molecular formula is C21H35N5O6. The van der Waals surface area contributed by atoms with Crippen molar-refractivity contribution in [3.8, 4) is 0 Å². The van der Waals surface area contributed by atoms with Crippen molar-refractivity contribution in [3.05, 3.63) is 0 Å². The Hall–Kier alpha value is -2.69. The van der Waals surface area contributed by atoms with E-state index in [2.05, 4.69) is 5.32 Å². The zero-order chi connectivity index (χ0) is 24.0. The van der Waals surface area contributed by atoms with Gasteiger partial charge in [0.25, 0.3) is 0 Å². The molecule has 180 valence electrons. The van der Waals surface area contributed by atoms with Crippen LogP contribution in [0.5, 0.6) is 0 Å². The number of primary amides is 1. The van der Waals surface area contributed by atoms with E-state index < -0.39 is 53.8 Å². The van der Waals surface area contributed by atoms with Gasteiger partial charge in [0.1, 0.15) is 18.1 Å². The van der Waals surface area contributed by atoms with Crippen LogP contribution in [0, 0.1) is 5.92 Å². The van der Waals surface area contributed by atoms with Crippen molar-refractivity contribution >= 4 is 29.6 Å². The highest BCUT2D eigenvalue weighted by Gasteiger charge is 2.43. The summed E-state index contributed by atoms with van der Waals surface area (Å²) in [5.74, 6) is -3.16. The fourth-order valence-electron chi connectivity index (χ4n) is 4.29. The lowest BCUT2D eigenvalue weighted by Crippen LogP contribution is -2.57. The zero-order valence-electron chi connectivity index (χ0n) is 18.8. The number of aliphatic carboxylic acids is 1. The summed E-state index contributed by atoms with van der Waals surface area (Å²) in [6, 6.07) is -3.55. The van der Waals surface area contributed by atoms with Crippen LogP contribution < -0.4 is 16.8 Å². The molecule has 0 bridgehead atoms. The molecule has 0 spiro atoms. The predicted octanol–water partition coefficient (Wildman–Crippen LogP) is -0.823. The molecule has 2 rings (SSSR count). The predicted molar refractivity (Wildman–Crippen MR) is 115 cm³/mol. The molecule has 2 heterocycles. The topological polar surface area (TPSA) is 176 Å². The first-order chi connectivity index (χ1) is 15.1. The molecule has 0 aromatic carbocycles. The average molecular weight is 454 g/mol. The number of carbonyl (C=O) groups is 5. The van der Waals surface area contributed by atoms with Gasteiger partial charge in [-0.1, -0.05) is 20.3 Å². The van der Waals surface area contributed by atoms with E-state index in [0.717, 1.165) is 0 Å². The minimum absolute atomic E-state index is 0.00793. The van der Waals surface area contributed by atoms with E-state index in [1.165, 1.54) is 9.80 Å². The monoisotopic (exact) mass is 453 g/mol. The zero-order valence-corrected chi connectivity index (χ0v) is 18.8. The molecule has 6 N–H and O–H groups in total. The highest BCUT2D eigenvalue weighted by molar-refractivity contribution is 5.95. The van der Waals surface area contributed by atoms with Crippen LogP contribution in [0.15, 0.2) is 0 Å². The van der Waals surface area contributed by atoms with Gasteiger partial charge in [-0.25, -0.2) is 4.79 Å². The van der Waals surface area contributed by atoms with Crippen molar-refractivity contribution in [1.82, 2.24) is 15.1 Å². The molecule has 0 aliphatic carbocycles. The number of carbonyl (C=O) groups excluding carboxylic acids is 4. The summed E-state index contributed by atoms with van der Waals surface area (Å²) in [5.41, 5.74) is 11.2. The molecule has 0 radical (unpaired) electrons. The molecule has 0 saturated carbocycles.